The molecule has 0 heterocycles. The van der Waals surface area contributed by atoms with Crippen LogP contribution in [0.2, 0.25) is 10.0 Å². The fourth-order valence-corrected chi connectivity index (χ4v) is 1.82. The average molecular weight is 319 g/mol. The number of benzene rings is 1. The summed E-state index contributed by atoms with van der Waals surface area (Å²) in [6.07, 6.45) is 0. The predicted molar refractivity (Wildman–Crippen MR) is 78.3 cm³/mol. The van der Waals surface area contributed by atoms with Gasteiger partial charge in [-0.2, -0.15) is 0 Å². The van der Waals surface area contributed by atoms with Crippen molar-refractivity contribution in [3.8, 4) is 0 Å². The SMILES string of the molecule is COCC(C)NC(=O)CNC(=O)c1ccc(Cl)c(Cl)c1. The first-order valence-corrected chi connectivity index (χ1v) is 6.71. The van der Waals surface area contributed by atoms with Crippen molar-refractivity contribution in [3.05, 3.63) is 33.8 Å². The second-order valence-electron chi connectivity index (χ2n) is 4.24. The van der Waals surface area contributed by atoms with Crippen LogP contribution in [0.15, 0.2) is 18.2 Å². The highest BCUT2D eigenvalue weighted by Crippen LogP contribution is 2.22. The van der Waals surface area contributed by atoms with Crippen LogP contribution < -0.4 is 10.6 Å². The van der Waals surface area contributed by atoms with E-state index in [1.165, 1.54) is 18.2 Å². The minimum Gasteiger partial charge on any atom is -0.383 e. The Morgan fingerprint density at radius 1 is 1.30 bits per heavy atom. The Kier molecular flexibility index (Phi) is 6.78. The maximum atomic E-state index is 11.8. The Morgan fingerprint density at radius 3 is 2.60 bits per heavy atom. The van der Waals surface area contributed by atoms with Crippen LogP contribution in [0, 0.1) is 0 Å². The number of methoxy groups -OCH3 is 1. The van der Waals surface area contributed by atoms with Crippen LogP contribution in [0.4, 0.5) is 0 Å². The molecule has 1 rings (SSSR count). The number of ether oxygens (including phenoxy) is 1. The van der Waals surface area contributed by atoms with E-state index in [1.807, 2.05) is 6.92 Å². The van der Waals surface area contributed by atoms with Crippen molar-refractivity contribution >= 4 is 35.0 Å². The van der Waals surface area contributed by atoms with Crippen LogP contribution in [-0.4, -0.2) is 38.1 Å². The summed E-state index contributed by atoms with van der Waals surface area (Å²) in [5, 5.41) is 5.84. The van der Waals surface area contributed by atoms with Gasteiger partial charge in [0.25, 0.3) is 5.91 Å². The fourth-order valence-electron chi connectivity index (χ4n) is 1.52. The summed E-state index contributed by atoms with van der Waals surface area (Å²) in [5.74, 6) is -0.680. The molecule has 0 aliphatic carbocycles. The second kappa shape index (κ2) is 8.09. The van der Waals surface area contributed by atoms with E-state index in [1.54, 1.807) is 7.11 Å². The molecule has 1 aromatic rings. The molecule has 1 atom stereocenters. The highest BCUT2D eigenvalue weighted by atomic mass is 35.5. The summed E-state index contributed by atoms with van der Waals surface area (Å²) in [5.41, 5.74) is 0.345. The molecule has 0 spiro atoms. The molecule has 5 nitrogen and oxygen atoms in total. The lowest BCUT2D eigenvalue weighted by Crippen LogP contribution is -2.42. The zero-order valence-corrected chi connectivity index (χ0v) is 12.7. The number of amides is 2. The third-order valence-corrected chi connectivity index (χ3v) is 3.15. The first kappa shape index (κ1) is 16.8. The highest BCUT2D eigenvalue weighted by Gasteiger charge is 2.11. The lowest BCUT2D eigenvalue weighted by atomic mass is 10.2. The summed E-state index contributed by atoms with van der Waals surface area (Å²) >= 11 is 11.6. The quantitative estimate of drug-likeness (QED) is 0.841. The molecule has 1 aromatic carbocycles. The standard InChI is InChI=1S/C13H16Cl2N2O3/c1-8(7-20-2)17-12(18)6-16-13(19)9-3-4-10(14)11(15)5-9/h3-5,8H,6-7H2,1-2H3,(H,16,19)(H,17,18). The fraction of sp³-hybridized carbons (Fsp3) is 0.385. The van der Waals surface area contributed by atoms with E-state index in [-0.39, 0.29) is 23.5 Å². The Balaban J connectivity index is 2.46. The average Bonchev–Trinajstić information content (AvgIpc) is 2.39. The zero-order chi connectivity index (χ0) is 15.1. The van der Waals surface area contributed by atoms with Gasteiger partial charge in [-0.1, -0.05) is 23.2 Å². The van der Waals surface area contributed by atoms with E-state index in [2.05, 4.69) is 10.6 Å². The molecule has 0 radical (unpaired) electrons. The summed E-state index contributed by atoms with van der Waals surface area (Å²) < 4.78 is 4.89. The largest absolute Gasteiger partial charge is 0.383 e. The van der Waals surface area contributed by atoms with Crippen LogP contribution in [0.3, 0.4) is 0 Å². The summed E-state index contributed by atoms with van der Waals surface area (Å²) in [4.78, 5) is 23.4. The van der Waals surface area contributed by atoms with Crippen LogP contribution in [0.1, 0.15) is 17.3 Å². The molecule has 0 fully saturated rings. The number of hydrogen-bond donors (Lipinski definition) is 2. The molecule has 7 heteroatoms. The van der Waals surface area contributed by atoms with Crippen molar-refractivity contribution in [1.29, 1.82) is 0 Å². The molecule has 2 N–H and O–H groups in total. The van der Waals surface area contributed by atoms with Crippen molar-refractivity contribution in [1.82, 2.24) is 10.6 Å². The summed E-state index contributed by atoms with van der Waals surface area (Å²) in [6.45, 7) is 2.10. The van der Waals surface area contributed by atoms with E-state index < -0.39 is 5.91 Å². The number of nitrogens with one attached hydrogen (secondary N) is 2. The van der Waals surface area contributed by atoms with Crippen molar-refractivity contribution < 1.29 is 14.3 Å². The zero-order valence-electron chi connectivity index (χ0n) is 11.2. The van der Waals surface area contributed by atoms with Crippen molar-refractivity contribution in [3.63, 3.8) is 0 Å². The molecule has 0 saturated carbocycles. The Morgan fingerprint density at radius 2 is 2.00 bits per heavy atom. The lowest BCUT2D eigenvalue weighted by molar-refractivity contribution is -0.121. The smallest absolute Gasteiger partial charge is 0.251 e. The Hall–Kier alpha value is -1.30. The van der Waals surface area contributed by atoms with Crippen LogP contribution in [0.25, 0.3) is 0 Å². The van der Waals surface area contributed by atoms with Gasteiger partial charge in [0, 0.05) is 18.7 Å². The van der Waals surface area contributed by atoms with E-state index in [4.69, 9.17) is 27.9 Å². The van der Waals surface area contributed by atoms with Gasteiger partial charge in [-0.15, -0.1) is 0 Å². The Labute approximate surface area is 127 Å². The van der Waals surface area contributed by atoms with Gasteiger partial charge >= 0.3 is 0 Å². The van der Waals surface area contributed by atoms with Crippen LogP contribution >= 0.6 is 23.2 Å². The topological polar surface area (TPSA) is 67.4 Å². The molecule has 0 bridgehead atoms. The van der Waals surface area contributed by atoms with Gasteiger partial charge in [0.15, 0.2) is 0 Å². The predicted octanol–water partition coefficient (Wildman–Crippen LogP) is 1.87. The lowest BCUT2D eigenvalue weighted by Gasteiger charge is -2.13. The van der Waals surface area contributed by atoms with E-state index >= 15 is 0 Å². The number of carbonyl (C=O) groups is 2. The van der Waals surface area contributed by atoms with Gasteiger partial charge in [0.05, 0.1) is 23.2 Å². The minimum atomic E-state index is -0.391. The highest BCUT2D eigenvalue weighted by molar-refractivity contribution is 6.42. The molecule has 110 valence electrons. The van der Waals surface area contributed by atoms with Crippen molar-refractivity contribution in [2.24, 2.45) is 0 Å². The van der Waals surface area contributed by atoms with Crippen LogP contribution in [0.5, 0.6) is 0 Å². The van der Waals surface area contributed by atoms with Crippen molar-refractivity contribution in [2.45, 2.75) is 13.0 Å². The molecule has 0 aromatic heterocycles. The first-order chi connectivity index (χ1) is 9.43. The molecular weight excluding hydrogens is 303 g/mol. The summed E-state index contributed by atoms with van der Waals surface area (Å²) in [6, 6.07) is 4.40. The number of rotatable bonds is 6. The van der Waals surface area contributed by atoms with E-state index in [0.29, 0.717) is 17.2 Å². The molecule has 0 saturated heterocycles. The molecular formula is C13H16Cl2N2O3. The maximum Gasteiger partial charge on any atom is 0.251 e. The second-order valence-corrected chi connectivity index (χ2v) is 5.05. The van der Waals surface area contributed by atoms with Gasteiger partial charge in [0.1, 0.15) is 0 Å². The monoisotopic (exact) mass is 318 g/mol. The maximum absolute atomic E-state index is 11.8. The van der Waals surface area contributed by atoms with E-state index in [9.17, 15) is 9.59 Å². The van der Waals surface area contributed by atoms with Gasteiger partial charge in [-0.25, -0.2) is 0 Å². The number of halogens is 2. The van der Waals surface area contributed by atoms with Gasteiger partial charge in [-0.3, -0.25) is 9.59 Å². The molecule has 20 heavy (non-hydrogen) atoms. The molecule has 2 amide bonds. The Bertz CT molecular complexity index is 495. The van der Waals surface area contributed by atoms with Gasteiger partial charge in [0.2, 0.25) is 5.91 Å². The molecule has 1 unspecified atom stereocenters. The van der Waals surface area contributed by atoms with Crippen LogP contribution in [-0.2, 0) is 9.53 Å². The van der Waals surface area contributed by atoms with Gasteiger partial charge in [-0.05, 0) is 25.1 Å². The third-order valence-electron chi connectivity index (χ3n) is 2.42. The minimum absolute atomic E-state index is 0.116. The first-order valence-electron chi connectivity index (χ1n) is 5.95. The molecule has 0 aliphatic heterocycles. The molecule has 0 aliphatic rings. The van der Waals surface area contributed by atoms with E-state index in [0.717, 1.165) is 0 Å². The normalized spacial score (nSPS) is 11.8. The third kappa shape index (κ3) is 5.36. The van der Waals surface area contributed by atoms with Gasteiger partial charge < -0.3 is 15.4 Å². The summed E-state index contributed by atoms with van der Waals surface area (Å²) in [7, 11) is 1.55. The van der Waals surface area contributed by atoms with Crippen molar-refractivity contribution in [2.75, 3.05) is 20.3 Å². The number of carbonyl (C=O) groups excluding carboxylic acids is 2. The number of hydrogen-bond acceptors (Lipinski definition) is 3.